The van der Waals surface area contributed by atoms with Crippen molar-refractivity contribution in [3.63, 3.8) is 0 Å². The average Bonchev–Trinajstić information content (AvgIpc) is 2.97. The van der Waals surface area contributed by atoms with Crippen LogP contribution < -0.4 is 10.1 Å². The number of ether oxygens (including phenoxy) is 1. The third-order valence-corrected chi connectivity index (χ3v) is 4.56. The number of hydrogen-bond acceptors (Lipinski definition) is 5. The third kappa shape index (κ3) is 4.52. The van der Waals surface area contributed by atoms with E-state index in [0.717, 1.165) is 49.9 Å². The lowest BCUT2D eigenvalue weighted by Crippen LogP contribution is -2.42. The fourth-order valence-corrected chi connectivity index (χ4v) is 3.35. The first-order chi connectivity index (χ1) is 10.4. The molecule has 1 aliphatic heterocycles. The van der Waals surface area contributed by atoms with Crippen LogP contribution in [-0.4, -0.2) is 42.7 Å². The van der Waals surface area contributed by atoms with Crippen LogP contribution >= 0.6 is 11.3 Å². The lowest BCUT2D eigenvalue weighted by molar-refractivity contribution is 0.235. The van der Waals surface area contributed by atoms with Crippen molar-refractivity contribution in [3.8, 4) is 5.75 Å². The van der Waals surface area contributed by atoms with Crippen molar-refractivity contribution in [1.29, 1.82) is 0 Å². The van der Waals surface area contributed by atoms with E-state index in [-0.39, 0.29) is 0 Å². The van der Waals surface area contributed by atoms with Gasteiger partial charge in [-0.15, -0.1) is 11.3 Å². The smallest absolute Gasteiger partial charge is 0.119 e. The Morgan fingerprint density at radius 2 is 2.00 bits per heavy atom. The summed E-state index contributed by atoms with van der Waals surface area (Å²) in [6, 6.07) is 9.94. The van der Waals surface area contributed by atoms with Crippen LogP contribution in [-0.2, 0) is 13.0 Å². The van der Waals surface area contributed by atoms with Crippen LogP contribution in [0.3, 0.4) is 0 Å². The molecule has 2 heterocycles. The van der Waals surface area contributed by atoms with Gasteiger partial charge < -0.3 is 10.1 Å². The maximum absolute atomic E-state index is 5.72. The lowest BCUT2D eigenvalue weighted by atomic mass is 10.3. The standard InChI is InChI=1S/C16H21N3OS/c1-2-4-14(5-3-1)20-11-6-16-18-12-15(21-16)13-19-9-7-17-8-10-19/h1-5,12,17H,6-11,13H2. The molecular formula is C16H21N3OS. The summed E-state index contributed by atoms with van der Waals surface area (Å²) in [7, 11) is 0. The number of nitrogens with one attached hydrogen (secondary N) is 1. The fourth-order valence-electron chi connectivity index (χ4n) is 2.40. The summed E-state index contributed by atoms with van der Waals surface area (Å²) in [4.78, 5) is 8.34. The minimum atomic E-state index is 0.685. The van der Waals surface area contributed by atoms with Gasteiger partial charge in [0.2, 0.25) is 0 Å². The molecule has 5 heteroatoms. The summed E-state index contributed by atoms with van der Waals surface area (Å²) >= 11 is 1.81. The molecule has 0 unspecified atom stereocenters. The summed E-state index contributed by atoms with van der Waals surface area (Å²) in [6.45, 7) is 6.16. The SMILES string of the molecule is c1ccc(OCCc2ncc(CN3CCNCC3)s2)cc1. The molecule has 0 radical (unpaired) electrons. The molecule has 3 rings (SSSR count). The van der Waals surface area contributed by atoms with Crippen LogP contribution in [0.15, 0.2) is 36.5 Å². The van der Waals surface area contributed by atoms with Gasteiger partial charge in [-0.1, -0.05) is 18.2 Å². The number of thiazole rings is 1. The molecule has 1 aliphatic rings. The normalized spacial score (nSPS) is 16.0. The van der Waals surface area contributed by atoms with E-state index >= 15 is 0 Å². The molecule has 112 valence electrons. The molecule has 0 bridgehead atoms. The van der Waals surface area contributed by atoms with Gasteiger partial charge in [0.1, 0.15) is 5.75 Å². The minimum Gasteiger partial charge on any atom is -0.493 e. The van der Waals surface area contributed by atoms with E-state index in [4.69, 9.17) is 4.74 Å². The van der Waals surface area contributed by atoms with E-state index in [1.165, 1.54) is 4.88 Å². The maximum Gasteiger partial charge on any atom is 0.119 e. The number of nitrogens with zero attached hydrogens (tertiary/aromatic N) is 2. The van der Waals surface area contributed by atoms with Crippen molar-refractivity contribution < 1.29 is 4.74 Å². The number of hydrogen-bond donors (Lipinski definition) is 1. The predicted molar refractivity (Wildman–Crippen MR) is 85.9 cm³/mol. The largest absolute Gasteiger partial charge is 0.493 e. The quantitative estimate of drug-likeness (QED) is 0.887. The number of aromatic nitrogens is 1. The first-order valence-corrected chi connectivity index (χ1v) is 8.26. The fraction of sp³-hybridized carbons (Fsp3) is 0.438. The monoisotopic (exact) mass is 303 g/mol. The van der Waals surface area contributed by atoms with E-state index in [1.807, 2.05) is 47.9 Å². The third-order valence-electron chi connectivity index (χ3n) is 3.52. The minimum absolute atomic E-state index is 0.685. The molecule has 1 aromatic carbocycles. The van der Waals surface area contributed by atoms with Crippen molar-refractivity contribution in [2.45, 2.75) is 13.0 Å². The van der Waals surface area contributed by atoms with Gasteiger partial charge in [0.15, 0.2) is 0 Å². The Balaban J connectivity index is 1.44. The predicted octanol–water partition coefficient (Wildman–Crippen LogP) is 2.17. The zero-order chi connectivity index (χ0) is 14.3. The van der Waals surface area contributed by atoms with Crippen LogP contribution in [0, 0.1) is 0 Å². The van der Waals surface area contributed by atoms with E-state index < -0.39 is 0 Å². The number of para-hydroxylation sites is 1. The zero-order valence-electron chi connectivity index (χ0n) is 12.1. The molecule has 0 atom stereocenters. The second-order valence-corrected chi connectivity index (χ2v) is 6.36. The molecule has 1 fully saturated rings. The van der Waals surface area contributed by atoms with Crippen molar-refractivity contribution in [3.05, 3.63) is 46.4 Å². The highest BCUT2D eigenvalue weighted by atomic mass is 32.1. The number of rotatable bonds is 6. The zero-order valence-corrected chi connectivity index (χ0v) is 12.9. The van der Waals surface area contributed by atoms with Gasteiger partial charge in [0.05, 0.1) is 11.6 Å². The Morgan fingerprint density at radius 3 is 2.81 bits per heavy atom. The molecule has 1 N–H and O–H groups in total. The Morgan fingerprint density at radius 1 is 1.19 bits per heavy atom. The van der Waals surface area contributed by atoms with E-state index in [0.29, 0.717) is 6.61 Å². The van der Waals surface area contributed by atoms with Crippen LogP contribution in [0.4, 0.5) is 0 Å². The van der Waals surface area contributed by atoms with Gasteiger partial charge in [0.25, 0.3) is 0 Å². The van der Waals surface area contributed by atoms with Crippen molar-refractivity contribution >= 4 is 11.3 Å². The van der Waals surface area contributed by atoms with Crippen molar-refractivity contribution in [1.82, 2.24) is 15.2 Å². The molecule has 4 nitrogen and oxygen atoms in total. The van der Waals surface area contributed by atoms with E-state index in [2.05, 4.69) is 15.2 Å². The van der Waals surface area contributed by atoms with Gasteiger partial charge in [-0.3, -0.25) is 4.90 Å². The highest BCUT2D eigenvalue weighted by Gasteiger charge is 2.11. The summed E-state index contributed by atoms with van der Waals surface area (Å²) in [6.07, 6.45) is 2.89. The van der Waals surface area contributed by atoms with Crippen molar-refractivity contribution in [2.24, 2.45) is 0 Å². The van der Waals surface area contributed by atoms with Gasteiger partial charge in [-0.2, -0.15) is 0 Å². The Kier molecular flexibility index (Phi) is 5.21. The van der Waals surface area contributed by atoms with Crippen LogP contribution in [0.1, 0.15) is 9.88 Å². The second kappa shape index (κ2) is 7.54. The van der Waals surface area contributed by atoms with Crippen molar-refractivity contribution in [2.75, 3.05) is 32.8 Å². The first-order valence-electron chi connectivity index (χ1n) is 7.45. The highest BCUT2D eigenvalue weighted by molar-refractivity contribution is 7.11. The molecule has 2 aromatic rings. The topological polar surface area (TPSA) is 37.4 Å². The molecule has 1 aromatic heterocycles. The average molecular weight is 303 g/mol. The summed E-state index contributed by atoms with van der Waals surface area (Å²) in [5, 5.41) is 4.54. The summed E-state index contributed by atoms with van der Waals surface area (Å²) in [5.74, 6) is 0.926. The first kappa shape index (κ1) is 14.5. The van der Waals surface area contributed by atoms with Gasteiger partial charge in [-0.05, 0) is 12.1 Å². The van der Waals surface area contributed by atoms with E-state index in [1.54, 1.807) is 0 Å². The highest BCUT2D eigenvalue weighted by Crippen LogP contribution is 2.17. The molecule has 21 heavy (non-hydrogen) atoms. The Hall–Kier alpha value is -1.43. The molecular weight excluding hydrogens is 282 g/mol. The summed E-state index contributed by atoms with van der Waals surface area (Å²) < 4.78 is 5.72. The Bertz CT molecular complexity index is 537. The number of benzene rings is 1. The van der Waals surface area contributed by atoms with Gasteiger partial charge in [0, 0.05) is 50.2 Å². The Labute approximate surface area is 129 Å². The van der Waals surface area contributed by atoms with Crippen LogP contribution in [0.25, 0.3) is 0 Å². The van der Waals surface area contributed by atoms with Gasteiger partial charge in [-0.25, -0.2) is 4.98 Å². The molecule has 0 amide bonds. The summed E-state index contributed by atoms with van der Waals surface area (Å²) in [5.41, 5.74) is 0. The molecule has 0 saturated carbocycles. The maximum atomic E-state index is 5.72. The van der Waals surface area contributed by atoms with Crippen LogP contribution in [0.2, 0.25) is 0 Å². The second-order valence-electron chi connectivity index (χ2n) is 5.16. The number of piperazine rings is 1. The van der Waals surface area contributed by atoms with Gasteiger partial charge >= 0.3 is 0 Å². The van der Waals surface area contributed by atoms with Crippen LogP contribution in [0.5, 0.6) is 5.75 Å². The molecule has 1 saturated heterocycles. The molecule has 0 spiro atoms. The van der Waals surface area contributed by atoms with E-state index in [9.17, 15) is 0 Å². The molecule has 0 aliphatic carbocycles. The lowest BCUT2D eigenvalue weighted by Gasteiger charge is -2.26.